The van der Waals surface area contributed by atoms with Crippen molar-refractivity contribution in [2.75, 3.05) is 25.5 Å². The monoisotopic (exact) mass is 375 g/mol. The second-order valence-electron chi connectivity index (χ2n) is 6.96. The Morgan fingerprint density at radius 2 is 2.04 bits per heavy atom. The Morgan fingerprint density at radius 1 is 1.33 bits per heavy atom. The number of aromatic nitrogens is 2. The van der Waals surface area contributed by atoms with Gasteiger partial charge in [-0.3, -0.25) is 14.9 Å². The molecule has 27 heavy (non-hydrogen) atoms. The summed E-state index contributed by atoms with van der Waals surface area (Å²) in [5, 5.41) is 19.7. The van der Waals surface area contributed by atoms with Crippen molar-refractivity contribution in [2.45, 2.75) is 31.8 Å². The zero-order valence-corrected chi connectivity index (χ0v) is 15.9. The number of benzene rings is 1. The smallest absolute Gasteiger partial charge is 0.320 e. The molecule has 1 aromatic carbocycles. The molecule has 2 atom stereocenters. The van der Waals surface area contributed by atoms with Crippen LogP contribution in [0.3, 0.4) is 0 Å². The first-order chi connectivity index (χ1) is 12.9. The van der Waals surface area contributed by atoms with E-state index in [2.05, 4.69) is 15.7 Å². The molecule has 146 valence electrons. The van der Waals surface area contributed by atoms with Crippen LogP contribution in [0.15, 0.2) is 24.3 Å². The molecule has 0 unspecified atom stereocenters. The summed E-state index contributed by atoms with van der Waals surface area (Å²) in [5.74, 6) is 0.262. The van der Waals surface area contributed by atoms with Crippen LogP contribution in [-0.2, 0) is 13.5 Å². The molecule has 2 heterocycles. The number of aliphatic hydroxyl groups excluding tert-OH is 1. The van der Waals surface area contributed by atoms with E-state index in [-0.39, 0.29) is 30.5 Å². The van der Waals surface area contributed by atoms with E-state index < -0.39 is 0 Å². The van der Waals surface area contributed by atoms with Crippen molar-refractivity contribution < 1.29 is 14.3 Å². The van der Waals surface area contributed by atoms with Crippen LogP contribution in [-0.4, -0.2) is 58.1 Å². The van der Waals surface area contributed by atoms with Crippen molar-refractivity contribution >= 4 is 11.8 Å². The molecule has 3 rings (SSSR count). The molecule has 2 amide bonds. The third-order valence-corrected chi connectivity index (χ3v) is 5.05. The van der Waals surface area contributed by atoms with E-state index in [1.54, 1.807) is 23.9 Å². The molecule has 1 fully saturated rings. The lowest BCUT2D eigenvalue weighted by Crippen LogP contribution is -2.39. The van der Waals surface area contributed by atoms with E-state index in [4.69, 9.17) is 0 Å². The summed E-state index contributed by atoms with van der Waals surface area (Å²) < 4.78 is 14.9. The third-order valence-electron chi connectivity index (χ3n) is 5.05. The van der Waals surface area contributed by atoms with Crippen molar-refractivity contribution in [3.05, 3.63) is 35.8 Å². The van der Waals surface area contributed by atoms with Crippen LogP contribution in [0.2, 0.25) is 0 Å². The number of amides is 2. The Morgan fingerprint density at radius 3 is 2.63 bits per heavy atom. The van der Waals surface area contributed by atoms with Crippen LogP contribution >= 0.6 is 0 Å². The fraction of sp³-hybridized carbons (Fsp3) is 0.474. The molecule has 0 spiro atoms. The highest BCUT2D eigenvalue weighted by molar-refractivity contribution is 5.94. The number of hydrogen-bond donors (Lipinski definition) is 3. The van der Waals surface area contributed by atoms with Crippen LogP contribution < -0.4 is 10.6 Å². The number of nitrogens with one attached hydrogen (secondary N) is 2. The molecule has 1 saturated heterocycles. The molecular formula is C19H26FN5O2. The minimum Gasteiger partial charge on any atom is -0.395 e. The minimum absolute atomic E-state index is 0.0275. The Hall–Kier alpha value is -2.45. The molecule has 1 aliphatic rings. The number of rotatable bonds is 5. The lowest BCUT2D eigenvalue weighted by Gasteiger charge is -2.15. The number of aryl methyl sites for hydroxylation is 2. The van der Waals surface area contributed by atoms with E-state index in [9.17, 15) is 14.3 Å². The summed E-state index contributed by atoms with van der Waals surface area (Å²) in [6.45, 7) is 2.75. The van der Waals surface area contributed by atoms with Gasteiger partial charge in [0.2, 0.25) is 0 Å². The predicted molar refractivity (Wildman–Crippen MR) is 102 cm³/mol. The van der Waals surface area contributed by atoms with Crippen LogP contribution in [0, 0.1) is 5.82 Å². The largest absolute Gasteiger partial charge is 0.395 e. The van der Waals surface area contributed by atoms with E-state index >= 15 is 0 Å². The maximum Gasteiger partial charge on any atom is 0.320 e. The Labute approximate surface area is 158 Å². The first-order valence-electron chi connectivity index (χ1n) is 9.13. The standard InChI is InChI=1S/C19H26FN5O2/c1-4-16-17(12-5-7-13(20)8-6-12)18(25(3)23-16)22-19(27)21-14-9-15(11-26)24(2)10-14/h5-8,14-15,26H,4,9-11H2,1-3H3,(H2,21,22,27)/t14-,15+/m1/s1. The third kappa shape index (κ3) is 4.12. The summed E-state index contributed by atoms with van der Waals surface area (Å²) in [6.07, 6.45) is 1.40. The summed E-state index contributed by atoms with van der Waals surface area (Å²) in [4.78, 5) is 14.6. The van der Waals surface area contributed by atoms with E-state index in [1.165, 1.54) is 12.1 Å². The summed E-state index contributed by atoms with van der Waals surface area (Å²) in [5.41, 5.74) is 2.44. The van der Waals surface area contributed by atoms with Gasteiger partial charge in [0.05, 0.1) is 12.3 Å². The van der Waals surface area contributed by atoms with Gasteiger partial charge in [-0.25, -0.2) is 9.18 Å². The van der Waals surface area contributed by atoms with Gasteiger partial charge in [0.1, 0.15) is 11.6 Å². The molecule has 0 saturated carbocycles. The number of nitrogens with zero attached hydrogens (tertiary/aromatic N) is 3. The van der Waals surface area contributed by atoms with Gasteiger partial charge < -0.3 is 10.4 Å². The average molecular weight is 375 g/mol. The first kappa shape index (κ1) is 19.3. The molecule has 0 bridgehead atoms. The SMILES string of the molecule is CCc1nn(C)c(NC(=O)N[C@@H]2C[C@@H](CO)N(C)C2)c1-c1ccc(F)cc1. The topological polar surface area (TPSA) is 82.4 Å². The maximum atomic E-state index is 13.3. The van der Waals surface area contributed by atoms with E-state index in [0.29, 0.717) is 25.2 Å². The van der Waals surface area contributed by atoms with Gasteiger partial charge in [-0.15, -0.1) is 0 Å². The summed E-state index contributed by atoms with van der Waals surface area (Å²) >= 11 is 0. The zero-order valence-electron chi connectivity index (χ0n) is 15.9. The van der Waals surface area contributed by atoms with Crippen LogP contribution in [0.5, 0.6) is 0 Å². The second-order valence-corrected chi connectivity index (χ2v) is 6.96. The number of hydrogen-bond acceptors (Lipinski definition) is 4. The van der Waals surface area contributed by atoms with Gasteiger partial charge in [-0.2, -0.15) is 5.10 Å². The van der Waals surface area contributed by atoms with Crippen LogP contribution in [0.1, 0.15) is 19.0 Å². The average Bonchev–Trinajstić information content (AvgIpc) is 3.15. The number of urea groups is 1. The number of aliphatic hydroxyl groups is 1. The van der Waals surface area contributed by atoms with Gasteiger partial charge in [0.15, 0.2) is 0 Å². The Bertz CT molecular complexity index is 805. The molecule has 1 aliphatic heterocycles. The molecule has 2 aromatic rings. The van der Waals surface area contributed by atoms with Gasteiger partial charge in [-0.1, -0.05) is 19.1 Å². The number of likely N-dealkylation sites (tertiary alicyclic amines) is 1. The van der Waals surface area contributed by atoms with Gasteiger partial charge in [0, 0.05) is 31.2 Å². The Kier molecular flexibility index (Phi) is 5.76. The number of carbonyl (C=O) groups excluding carboxylic acids is 1. The van der Waals surface area contributed by atoms with Crippen LogP contribution in [0.4, 0.5) is 15.0 Å². The molecule has 7 nitrogen and oxygen atoms in total. The van der Waals surface area contributed by atoms with Gasteiger partial charge >= 0.3 is 6.03 Å². The molecule has 0 radical (unpaired) electrons. The fourth-order valence-electron chi connectivity index (χ4n) is 3.62. The van der Waals surface area contributed by atoms with E-state index in [0.717, 1.165) is 16.8 Å². The zero-order chi connectivity index (χ0) is 19.6. The maximum absolute atomic E-state index is 13.3. The minimum atomic E-state index is -0.319. The highest BCUT2D eigenvalue weighted by atomic mass is 19.1. The Balaban J connectivity index is 1.79. The van der Waals surface area contributed by atoms with Crippen molar-refractivity contribution in [1.82, 2.24) is 20.0 Å². The molecule has 1 aromatic heterocycles. The summed E-state index contributed by atoms with van der Waals surface area (Å²) in [7, 11) is 3.70. The highest BCUT2D eigenvalue weighted by Gasteiger charge is 2.30. The predicted octanol–water partition coefficient (Wildman–Crippen LogP) is 1.98. The number of anilines is 1. The number of likely N-dealkylation sites (N-methyl/N-ethyl adjacent to an activating group) is 1. The first-order valence-corrected chi connectivity index (χ1v) is 9.13. The number of halogens is 1. The van der Waals surface area contributed by atoms with Crippen molar-refractivity contribution in [1.29, 1.82) is 0 Å². The lowest BCUT2D eigenvalue weighted by molar-refractivity contribution is 0.182. The highest BCUT2D eigenvalue weighted by Crippen LogP contribution is 2.32. The van der Waals surface area contributed by atoms with Crippen LogP contribution in [0.25, 0.3) is 11.1 Å². The van der Waals surface area contributed by atoms with Gasteiger partial charge in [-0.05, 0) is 37.6 Å². The van der Waals surface area contributed by atoms with Crippen molar-refractivity contribution in [2.24, 2.45) is 7.05 Å². The van der Waals surface area contributed by atoms with Crippen molar-refractivity contribution in [3.63, 3.8) is 0 Å². The molecule has 8 heteroatoms. The van der Waals surface area contributed by atoms with E-state index in [1.807, 2.05) is 18.9 Å². The summed E-state index contributed by atoms with van der Waals surface area (Å²) in [6, 6.07) is 5.89. The number of carbonyl (C=O) groups is 1. The fourth-order valence-corrected chi connectivity index (χ4v) is 3.62. The molecule has 3 N–H and O–H groups in total. The van der Waals surface area contributed by atoms with Crippen molar-refractivity contribution in [3.8, 4) is 11.1 Å². The van der Waals surface area contributed by atoms with Gasteiger partial charge in [0.25, 0.3) is 0 Å². The molecule has 0 aliphatic carbocycles. The second kappa shape index (κ2) is 8.06. The normalized spacial score (nSPS) is 20.0. The lowest BCUT2D eigenvalue weighted by atomic mass is 10.0. The quantitative estimate of drug-likeness (QED) is 0.746. The molecular weight excluding hydrogens is 349 g/mol.